The van der Waals surface area contributed by atoms with Crippen LogP contribution < -0.4 is 10.5 Å². The van der Waals surface area contributed by atoms with Crippen molar-refractivity contribution in [3.05, 3.63) is 59.1 Å². The van der Waals surface area contributed by atoms with Crippen molar-refractivity contribution in [1.82, 2.24) is 0 Å². The minimum absolute atomic E-state index is 0.138. The standard InChI is InChI=1S/C16H18ClNO/c1-2-14(18)10-12-8-9-13(17)11-16(12)19-15-6-4-3-5-7-15/h3-9,11,14H,2,10,18H2,1H3. The molecule has 2 aromatic rings. The quantitative estimate of drug-likeness (QED) is 0.877. The van der Waals surface area contributed by atoms with Gasteiger partial charge in [0.05, 0.1) is 0 Å². The van der Waals surface area contributed by atoms with E-state index in [4.69, 9.17) is 22.1 Å². The Morgan fingerprint density at radius 3 is 2.58 bits per heavy atom. The third kappa shape index (κ3) is 3.98. The van der Waals surface area contributed by atoms with Crippen LogP contribution in [0.1, 0.15) is 18.9 Å². The molecular formula is C16H18ClNO. The van der Waals surface area contributed by atoms with E-state index in [1.807, 2.05) is 48.5 Å². The van der Waals surface area contributed by atoms with Gasteiger partial charge in [-0.2, -0.15) is 0 Å². The van der Waals surface area contributed by atoms with Crippen molar-refractivity contribution >= 4 is 11.6 Å². The maximum absolute atomic E-state index is 6.04. The first-order valence-corrected chi connectivity index (χ1v) is 6.83. The summed E-state index contributed by atoms with van der Waals surface area (Å²) < 4.78 is 5.90. The van der Waals surface area contributed by atoms with E-state index in [0.29, 0.717) is 5.02 Å². The molecule has 2 aromatic carbocycles. The lowest BCUT2D eigenvalue weighted by molar-refractivity contribution is 0.472. The van der Waals surface area contributed by atoms with Gasteiger partial charge in [0.25, 0.3) is 0 Å². The lowest BCUT2D eigenvalue weighted by Crippen LogP contribution is -2.21. The van der Waals surface area contributed by atoms with Crippen LogP contribution in [0, 0.1) is 0 Å². The van der Waals surface area contributed by atoms with Crippen LogP contribution in [0.15, 0.2) is 48.5 Å². The fraction of sp³-hybridized carbons (Fsp3) is 0.250. The number of ether oxygens (including phenoxy) is 1. The Kier molecular flexibility index (Phi) is 4.83. The second-order valence-electron chi connectivity index (χ2n) is 4.54. The summed E-state index contributed by atoms with van der Waals surface area (Å²) in [4.78, 5) is 0. The normalized spacial score (nSPS) is 12.2. The zero-order chi connectivity index (χ0) is 13.7. The molecule has 0 aliphatic heterocycles. The van der Waals surface area contributed by atoms with Gasteiger partial charge in [-0.25, -0.2) is 0 Å². The number of para-hydroxylation sites is 1. The van der Waals surface area contributed by atoms with Crippen LogP contribution >= 0.6 is 11.6 Å². The van der Waals surface area contributed by atoms with Crippen LogP contribution in [0.25, 0.3) is 0 Å². The van der Waals surface area contributed by atoms with Crippen LogP contribution in [0.4, 0.5) is 0 Å². The van der Waals surface area contributed by atoms with Gasteiger partial charge in [0.15, 0.2) is 0 Å². The summed E-state index contributed by atoms with van der Waals surface area (Å²) in [6.07, 6.45) is 1.73. The average molecular weight is 276 g/mol. The Balaban J connectivity index is 2.24. The van der Waals surface area contributed by atoms with E-state index in [2.05, 4.69) is 6.92 Å². The molecule has 1 atom stereocenters. The van der Waals surface area contributed by atoms with Gasteiger partial charge in [0, 0.05) is 11.1 Å². The molecule has 0 aromatic heterocycles. The fourth-order valence-corrected chi connectivity index (χ4v) is 2.00. The van der Waals surface area contributed by atoms with Gasteiger partial charge in [0.2, 0.25) is 0 Å². The smallest absolute Gasteiger partial charge is 0.132 e. The Morgan fingerprint density at radius 2 is 1.89 bits per heavy atom. The Hall–Kier alpha value is -1.51. The van der Waals surface area contributed by atoms with Crippen molar-refractivity contribution in [2.45, 2.75) is 25.8 Å². The molecule has 0 aliphatic carbocycles. The van der Waals surface area contributed by atoms with E-state index >= 15 is 0 Å². The van der Waals surface area contributed by atoms with E-state index in [-0.39, 0.29) is 6.04 Å². The van der Waals surface area contributed by atoms with Gasteiger partial charge in [0.1, 0.15) is 11.5 Å². The molecule has 3 heteroatoms. The summed E-state index contributed by atoms with van der Waals surface area (Å²) in [5.74, 6) is 1.58. The molecule has 0 bridgehead atoms. The second-order valence-corrected chi connectivity index (χ2v) is 4.98. The third-order valence-corrected chi connectivity index (χ3v) is 3.24. The maximum Gasteiger partial charge on any atom is 0.132 e. The van der Waals surface area contributed by atoms with Crippen LogP contribution in [0.5, 0.6) is 11.5 Å². The largest absolute Gasteiger partial charge is 0.457 e. The molecule has 0 saturated carbocycles. The van der Waals surface area contributed by atoms with Crippen molar-refractivity contribution in [3.63, 3.8) is 0 Å². The first kappa shape index (κ1) is 13.9. The Morgan fingerprint density at radius 1 is 1.16 bits per heavy atom. The summed E-state index contributed by atoms with van der Waals surface area (Å²) >= 11 is 6.04. The fourth-order valence-electron chi connectivity index (χ4n) is 1.83. The minimum atomic E-state index is 0.138. The van der Waals surface area contributed by atoms with Crippen LogP contribution in [0.2, 0.25) is 5.02 Å². The second kappa shape index (κ2) is 6.60. The van der Waals surface area contributed by atoms with Gasteiger partial charge >= 0.3 is 0 Å². The predicted molar refractivity (Wildman–Crippen MR) is 79.9 cm³/mol. The summed E-state index contributed by atoms with van der Waals surface area (Å²) in [6.45, 7) is 2.08. The molecule has 0 radical (unpaired) electrons. The summed E-state index contributed by atoms with van der Waals surface area (Å²) in [7, 11) is 0. The molecule has 100 valence electrons. The molecule has 0 saturated heterocycles. The molecule has 2 rings (SSSR count). The molecule has 1 unspecified atom stereocenters. The third-order valence-electron chi connectivity index (χ3n) is 3.01. The SMILES string of the molecule is CCC(N)Cc1ccc(Cl)cc1Oc1ccccc1. The summed E-state index contributed by atoms with van der Waals surface area (Å²) in [5, 5.41) is 0.666. The average Bonchev–Trinajstić information content (AvgIpc) is 2.43. The van der Waals surface area contributed by atoms with Crippen molar-refractivity contribution in [3.8, 4) is 11.5 Å². The van der Waals surface area contributed by atoms with Crippen LogP contribution in [-0.4, -0.2) is 6.04 Å². The highest BCUT2D eigenvalue weighted by Gasteiger charge is 2.09. The number of hydrogen-bond acceptors (Lipinski definition) is 2. The topological polar surface area (TPSA) is 35.2 Å². The predicted octanol–water partition coefficient (Wildman–Crippen LogP) is 4.41. The van der Waals surface area contributed by atoms with Crippen molar-refractivity contribution in [2.24, 2.45) is 5.73 Å². The highest BCUT2D eigenvalue weighted by Crippen LogP contribution is 2.29. The molecule has 0 amide bonds. The van der Waals surface area contributed by atoms with E-state index in [9.17, 15) is 0 Å². The van der Waals surface area contributed by atoms with Crippen molar-refractivity contribution in [1.29, 1.82) is 0 Å². The molecule has 2 nitrogen and oxygen atoms in total. The number of hydrogen-bond donors (Lipinski definition) is 1. The Bertz CT molecular complexity index is 528. The van der Waals surface area contributed by atoms with Gasteiger partial charge in [-0.1, -0.05) is 42.8 Å². The van der Waals surface area contributed by atoms with Gasteiger partial charge in [-0.15, -0.1) is 0 Å². The number of halogens is 1. The molecule has 0 aliphatic rings. The monoisotopic (exact) mass is 275 g/mol. The van der Waals surface area contributed by atoms with Crippen LogP contribution in [-0.2, 0) is 6.42 Å². The molecule has 0 heterocycles. The van der Waals surface area contributed by atoms with Gasteiger partial charge in [-0.05, 0) is 42.7 Å². The molecular weight excluding hydrogens is 258 g/mol. The number of rotatable bonds is 5. The van der Waals surface area contributed by atoms with Crippen molar-refractivity contribution in [2.75, 3.05) is 0 Å². The first-order valence-electron chi connectivity index (χ1n) is 6.46. The summed E-state index contributed by atoms with van der Waals surface area (Å²) in [5.41, 5.74) is 7.10. The lowest BCUT2D eigenvalue weighted by atomic mass is 10.0. The molecule has 2 N–H and O–H groups in total. The zero-order valence-electron chi connectivity index (χ0n) is 11.0. The highest BCUT2D eigenvalue weighted by atomic mass is 35.5. The highest BCUT2D eigenvalue weighted by molar-refractivity contribution is 6.30. The van der Waals surface area contributed by atoms with Gasteiger partial charge < -0.3 is 10.5 Å². The van der Waals surface area contributed by atoms with Gasteiger partial charge in [-0.3, -0.25) is 0 Å². The first-order chi connectivity index (χ1) is 9.19. The maximum atomic E-state index is 6.04. The number of benzene rings is 2. The van der Waals surface area contributed by atoms with Crippen LogP contribution in [0.3, 0.4) is 0 Å². The van der Waals surface area contributed by atoms with E-state index < -0.39 is 0 Å². The van der Waals surface area contributed by atoms with Crippen molar-refractivity contribution < 1.29 is 4.74 Å². The van der Waals surface area contributed by atoms with E-state index in [1.54, 1.807) is 0 Å². The zero-order valence-corrected chi connectivity index (χ0v) is 11.7. The molecule has 0 spiro atoms. The summed E-state index contributed by atoms with van der Waals surface area (Å²) in [6, 6.07) is 15.5. The molecule has 0 fully saturated rings. The Labute approximate surface area is 119 Å². The molecule has 19 heavy (non-hydrogen) atoms. The lowest BCUT2D eigenvalue weighted by Gasteiger charge is -2.14. The van der Waals surface area contributed by atoms with E-state index in [0.717, 1.165) is 29.9 Å². The minimum Gasteiger partial charge on any atom is -0.457 e. The van der Waals surface area contributed by atoms with E-state index in [1.165, 1.54) is 0 Å². The number of nitrogens with two attached hydrogens (primary N) is 1.